The minimum absolute atomic E-state index is 0.0359. The van der Waals surface area contributed by atoms with Crippen LogP contribution in [0.2, 0.25) is 0 Å². The van der Waals surface area contributed by atoms with E-state index in [1.165, 1.54) is 0 Å². The van der Waals surface area contributed by atoms with Gasteiger partial charge in [0.15, 0.2) is 6.10 Å². The number of amides is 2. The number of benzene rings is 2. The standard InChI is InChI=1S/C18H16BrF3N2O3/c19-13-3-1-2-10(8-13)9-14(16(23)26)24-17(27)15(25)11-4-6-12(7-5-11)18(20,21)22/h1-8,14-15,25H,9H2,(H2,23,26)(H,24,27)/t14-,15+/m0/s1. The van der Waals surface area contributed by atoms with Crippen LogP contribution in [0.3, 0.4) is 0 Å². The van der Waals surface area contributed by atoms with Crippen LogP contribution in [0, 0.1) is 0 Å². The number of carbonyl (C=O) groups is 2. The van der Waals surface area contributed by atoms with Gasteiger partial charge in [-0.3, -0.25) is 9.59 Å². The molecule has 2 atom stereocenters. The van der Waals surface area contributed by atoms with Crippen molar-refractivity contribution in [1.29, 1.82) is 0 Å². The van der Waals surface area contributed by atoms with Crippen molar-refractivity contribution in [2.24, 2.45) is 5.73 Å². The molecule has 0 unspecified atom stereocenters. The third kappa shape index (κ3) is 5.80. The van der Waals surface area contributed by atoms with Gasteiger partial charge in [0.1, 0.15) is 6.04 Å². The lowest BCUT2D eigenvalue weighted by Crippen LogP contribution is -2.47. The molecular weight excluding hydrogens is 429 g/mol. The van der Waals surface area contributed by atoms with Gasteiger partial charge in [-0.2, -0.15) is 13.2 Å². The third-order valence-corrected chi connectivity index (χ3v) is 4.28. The maximum atomic E-state index is 12.6. The van der Waals surface area contributed by atoms with Gasteiger partial charge in [0.05, 0.1) is 5.56 Å². The van der Waals surface area contributed by atoms with Gasteiger partial charge in [-0.15, -0.1) is 0 Å². The second-order valence-electron chi connectivity index (χ2n) is 5.82. The molecule has 0 spiro atoms. The van der Waals surface area contributed by atoms with Crippen molar-refractivity contribution in [3.63, 3.8) is 0 Å². The van der Waals surface area contributed by atoms with Gasteiger partial charge in [0.25, 0.3) is 5.91 Å². The fourth-order valence-electron chi connectivity index (χ4n) is 2.38. The number of nitrogens with two attached hydrogens (primary N) is 1. The molecule has 0 heterocycles. The van der Waals surface area contributed by atoms with Crippen LogP contribution in [0.1, 0.15) is 22.8 Å². The molecule has 2 amide bonds. The van der Waals surface area contributed by atoms with Crippen LogP contribution in [0.25, 0.3) is 0 Å². The molecule has 0 saturated carbocycles. The predicted molar refractivity (Wildman–Crippen MR) is 95.4 cm³/mol. The lowest BCUT2D eigenvalue weighted by Gasteiger charge is -2.19. The molecule has 144 valence electrons. The van der Waals surface area contributed by atoms with Crippen LogP contribution in [-0.4, -0.2) is 23.0 Å². The van der Waals surface area contributed by atoms with Crippen molar-refractivity contribution in [1.82, 2.24) is 5.32 Å². The largest absolute Gasteiger partial charge is 0.416 e. The van der Waals surface area contributed by atoms with Crippen LogP contribution in [0.15, 0.2) is 53.0 Å². The molecule has 0 radical (unpaired) electrons. The van der Waals surface area contributed by atoms with E-state index in [1.54, 1.807) is 24.3 Å². The Morgan fingerprint density at radius 3 is 2.30 bits per heavy atom. The zero-order chi connectivity index (χ0) is 20.2. The van der Waals surface area contributed by atoms with Gasteiger partial charge in [-0.1, -0.05) is 40.2 Å². The van der Waals surface area contributed by atoms with Crippen molar-refractivity contribution in [3.05, 3.63) is 69.7 Å². The van der Waals surface area contributed by atoms with Crippen molar-refractivity contribution < 1.29 is 27.9 Å². The molecule has 5 nitrogen and oxygen atoms in total. The second kappa shape index (κ2) is 8.53. The molecule has 2 aromatic carbocycles. The highest BCUT2D eigenvalue weighted by atomic mass is 79.9. The number of aliphatic hydroxyl groups is 1. The smallest absolute Gasteiger partial charge is 0.378 e. The Morgan fingerprint density at radius 2 is 1.78 bits per heavy atom. The zero-order valence-corrected chi connectivity index (χ0v) is 15.4. The first-order valence-corrected chi connectivity index (χ1v) is 8.56. The van der Waals surface area contributed by atoms with E-state index in [0.717, 1.165) is 34.3 Å². The number of carbonyl (C=O) groups excluding carboxylic acids is 2. The number of nitrogens with one attached hydrogen (secondary N) is 1. The molecule has 9 heteroatoms. The van der Waals surface area contributed by atoms with Crippen molar-refractivity contribution in [2.45, 2.75) is 24.7 Å². The van der Waals surface area contributed by atoms with Crippen LogP contribution in [0.5, 0.6) is 0 Å². The van der Waals surface area contributed by atoms with Crippen molar-refractivity contribution in [2.75, 3.05) is 0 Å². The third-order valence-electron chi connectivity index (χ3n) is 3.79. The quantitative estimate of drug-likeness (QED) is 0.639. The van der Waals surface area contributed by atoms with Crippen LogP contribution < -0.4 is 11.1 Å². The van der Waals surface area contributed by atoms with E-state index in [-0.39, 0.29) is 12.0 Å². The monoisotopic (exact) mass is 444 g/mol. The summed E-state index contributed by atoms with van der Waals surface area (Å²) in [5, 5.41) is 12.4. The maximum Gasteiger partial charge on any atom is 0.416 e. The van der Waals surface area contributed by atoms with Crippen LogP contribution >= 0.6 is 15.9 Å². The molecule has 2 aromatic rings. The predicted octanol–water partition coefficient (Wildman–Crippen LogP) is 2.71. The summed E-state index contributed by atoms with van der Waals surface area (Å²) in [5.41, 5.74) is 5.09. The van der Waals surface area contributed by atoms with E-state index in [0.29, 0.717) is 0 Å². The van der Waals surface area contributed by atoms with Crippen molar-refractivity contribution in [3.8, 4) is 0 Å². The number of alkyl halides is 3. The molecular formula is C18H16BrF3N2O3. The van der Waals surface area contributed by atoms with Crippen LogP contribution in [0.4, 0.5) is 13.2 Å². The van der Waals surface area contributed by atoms with Gasteiger partial charge >= 0.3 is 6.18 Å². The summed E-state index contributed by atoms with van der Waals surface area (Å²) in [7, 11) is 0. The Balaban J connectivity index is 2.09. The average molecular weight is 445 g/mol. The molecule has 27 heavy (non-hydrogen) atoms. The summed E-state index contributed by atoms with van der Waals surface area (Å²) in [5.74, 6) is -1.74. The molecule has 0 aliphatic heterocycles. The van der Waals surface area contributed by atoms with E-state index in [4.69, 9.17) is 5.73 Å². The topological polar surface area (TPSA) is 92.4 Å². The molecule has 0 aromatic heterocycles. The van der Waals surface area contributed by atoms with E-state index in [2.05, 4.69) is 21.2 Å². The summed E-state index contributed by atoms with van der Waals surface area (Å²) in [6.45, 7) is 0. The minimum Gasteiger partial charge on any atom is -0.378 e. The SMILES string of the molecule is NC(=O)[C@H](Cc1cccc(Br)c1)NC(=O)[C@H](O)c1ccc(C(F)(F)F)cc1. The molecule has 0 aliphatic carbocycles. The first-order chi connectivity index (χ1) is 12.6. The number of primary amides is 1. The number of halogens is 4. The summed E-state index contributed by atoms with van der Waals surface area (Å²) < 4.78 is 38.5. The first-order valence-electron chi connectivity index (χ1n) is 7.77. The van der Waals surface area contributed by atoms with Gasteiger partial charge in [0, 0.05) is 10.9 Å². The van der Waals surface area contributed by atoms with Gasteiger partial charge < -0.3 is 16.2 Å². The van der Waals surface area contributed by atoms with Gasteiger partial charge in [-0.25, -0.2) is 0 Å². The summed E-state index contributed by atoms with van der Waals surface area (Å²) in [6, 6.07) is 9.45. The normalized spacial score (nSPS) is 13.7. The molecule has 0 saturated heterocycles. The summed E-state index contributed by atoms with van der Waals surface area (Å²) >= 11 is 3.29. The molecule has 0 fully saturated rings. The van der Waals surface area contributed by atoms with E-state index in [9.17, 15) is 27.9 Å². The van der Waals surface area contributed by atoms with Gasteiger partial charge in [0.2, 0.25) is 5.91 Å². The maximum absolute atomic E-state index is 12.6. The first kappa shape index (κ1) is 20.9. The number of aliphatic hydroxyl groups excluding tert-OH is 1. The Hall–Kier alpha value is -2.39. The highest BCUT2D eigenvalue weighted by molar-refractivity contribution is 9.10. The lowest BCUT2D eigenvalue weighted by atomic mass is 10.0. The number of hydrogen-bond donors (Lipinski definition) is 3. The summed E-state index contributed by atoms with van der Waals surface area (Å²) in [4.78, 5) is 23.8. The van der Waals surface area contributed by atoms with Crippen molar-refractivity contribution >= 4 is 27.7 Å². The molecule has 4 N–H and O–H groups in total. The number of rotatable bonds is 6. The molecule has 0 aliphatic rings. The van der Waals surface area contributed by atoms with E-state index < -0.39 is 35.7 Å². The van der Waals surface area contributed by atoms with E-state index >= 15 is 0 Å². The molecule has 0 bridgehead atoms. The Labute approximate surface area is 161 Å². The van der Waals surface area contributed by atoms with E-state index in [1.807, 2.05) is 0 Å². The van der Waals surface area contributed by atoms with Crippen LogP contribution in [-0.2, 0) is 22.2 Å². The van der Waals surface area contributed by atoms with Gasteiger partial charge in [-0.05, 0) is 35.4 Å². The Bertz CT molecular complexity index is 825. The molecule has 2 rings (SSSR count). The fraction of sp³-hybridized carbons (Fsp3) is 0.222. The Morgan fingerprint density at radius 1 is 1.15 bits per heavy atom. The highest BCUT2D eigenvalue weighted by Gasteiger charge is 2.31. The lowest BCUT2D eigenvalue weighted by molar-refractivity contribution is -0.137. The minimum atomic E-state index is -4.52. The average Bonchev–Trinajstić information content (AvgIpc) is 2.59. The summed E-state index contributed by atoms with van der Waals surface area (Å²) in [6.07, 6.45) is -6.16. The highest BCUT2D eigenvalue weighted by Crippen LogP contribution is 2.30. The fourth-order valence-corrected chi connectivity index (χ4v) is 2.83. The Kier molecular flexibility index (Phi) is 6.61. The zero-order valence-electron chi connectivity index (χ0n) is 13.8. The second-order valence-corrected chi connectivity index (χ2v) is 6.74. The number of hydrogen-bond acceptors (Lipinski definition) is 3.